The highest BCUT2D eigenvalue weighted by Crippen LogP contribution is 2.31. The van der Waals surface area contributed by atoms with E-state index in [1.165, 1.54) is 0 Å². The lowest BCUT2D eigenvalue weighted by atomic mass is 10.2. The summed E-state index contributed by atoms with van der Waals surface area (Å²) in [6, 6.07) is 12.4. The van der Waals surface area contributed by atoms with Gasteiger partial charge in [0.25, 0.3) is 5.91 Å². The molecule has 0 atom stereocenters. The number of rotatable bonds is 4. The molecule has 1 heterocycles. The number of amides is 1. The zero-order valence-corrected chi connectivity index (χ0v) is 14.7. The molecule has 3 aromatic rings. The van der Waals surface area contributed by atoms with Crippen LogP contribution in [0.15, 0.2) is 48.7 Å². The molecule has 0 fully saturated rings. The topological polar surface area (TPSA) is 82.2 Å². The minimum atomic E-state index is -0.501. The van der Waals surface area contributed by atoms with E-state index in [0.717, 1.165) is 11.4 Å². The first-order chi connectivity index (χ1) is 12.0. The molecule has 128 valence electrons. The van der Waals surface area contributed by atoms with Crippen molar-refractivity contribution in [1.82, 2.24) is 15.0 Å². The molecule has 0 spiro atoms. The van der Waals surface area contributed by atoms with Crippen LogP contribution in [0.1, 0.15) is 10.5 Å². The molecule has 0 unspecified atom stereocenters. The van der Waals surface area contributed by atoms with Crippen molar-refractivity contribution in [3.8, 4) is 22.8 Å². The van der Waals surface area contributed by atoms with Crippen molar-refractivity contribution in [2.75, 3.05) is 7.11 Å². The van der Waals surface area contributed by atoms with Crippen LogP contribution in [0.25, 0.3) is 17.1 Å². The number of hydrazine groups is 1. The first-order valence-corrected chi connectivity index (χ1v) is 7.99. The van der Waals surface area contributed by atoms with Gasteiger partial charge in [-0.15, -0.1) is 0 Å². The Labute approximate surface area is 154 Å². The minimum Gasteiger partial charge on any atom is -0.497 e. The number of nitrogens with one attached hydrogen (secondary N) is 1. The van der Waals surface area contributed by atoms with Gasteiger partial charge in [-0.2, -0.15) is 0 Å². The summed E-state index contributed by atoms with van der Waals surface area (Å²) in [5.74, 6) is 5.93. The molecule has 3 rings (SSSR count). The summed E-state index contributed by atoms with van der Waals surface area (Å²) < 4.78 is 6.92. The molecule has 0 saturated heterocycles. The number of methoxy groups -OCH3 is 1. The van der Waals surface area contributed by atoms with E-state index in [0.29, 0.717) is 21.4 Å². The number of nitrogens with zero attached hydrogens (tertiary/aromatic N) is 2. The number of benzene rings is 2. The predicted molar refractivity (Wildman–Crippen MR) is 97.2 cm³/mol. The van der Waals surface area contributed by atoms with Gasteiger partial charge in [-0.1, -0.05) is 23.2 Å². The number of hydrogen-bond acceptors (Lipinski definition) is 4. The number of nitrogens with two attached hydrogens (primary N) is 1. The number of hydrogen-bond donors (Lipinski definition) is 2. The van der Waals surface area contributed by atoms with Crippen LogP contribution in [-0.2, 0) is 0 Å². The lowest BCUT2D eigenvalue weighted by Gasteiger charge is -2.10. The Bertz CT molecular complexity index is 923. The van der Waals surface area contributed by atoms with E-state index in [-0.39, 0.29) is 5.69 Å². The summed E-state index contributed by atoms with van der Waals surface area (Å²) in [4.78, 5) is 16.3. The van der Waals surface area contributed by atoms with Gasteiger partial charge in [0.15, 0.2) is 0 Å². The highest BCUT2D eigenvalue weighted by Gasteiger charge is 2.18. The highest BCUT2D eigenvalue weighted by atomic mass is 35.5. The Kier molecular flexibility index (Phi) is 4.94. The molecule has 25 heavy (non-hydrogen) atoms. The lowest BCUT2D eigenvalue weighted by molar-refractivity contribution is 0.0949. The largest absolute Gasteiger partial charge is 0.497 e. The van der Waals surface area contributed by atoms with Gasteiger partial charge in [-0.3, -0.25) is 14.8 Å². The molecular weight excluding hydrogens is 363 g/mol. The van der Waals surface area contributed by atoms with Crippen molar-refractivity contribution in [2.24, 2.45) is 5.84 Å². The Morgan fingerprint density at radius 1 is 1.20 bits per heavy atom. The van der Waals surface area contributed by atoms with Crippen LogP contribution < -0.4 is 16.0 Å². The molecule has 2 aromatic carbocycles. The van der Waals surface area contributed by atoms with Gasteiger partial charge in [0, 0.05) is 22.5 Å². The van der Waals surface area contributed by atoms with Crippen molar-refractivity contribution in [1.29, 1.82) is 0 Å². The summed E-state index contributed by atoms with van der Waals surface area (Å²) in [5, 5.41) is 0.934. The molecule has 1 amide bonds. The SMILES string of the molecule is COc1ccc(-n2cc(C(=O)NN)nc2-c2ccc(Cl)cc2Cl)cc1. The van der Waals surface area contributed by atoms with Crippen molar-refractivity contribution >= 4 is 29.1 Å². The van der Waals surface area contributed by atoms with Crippen molar-refractivity contribution in [2.45, 2.75) is 0 Å². The molecule has 0 bridgehead atoms. The number of aromatic nitrogens is 2. The molecule has 0 aliphatic rings. The minimum absolute atomic E-state index is 0.166. The number of ether oxygens (including phenoxy) is 1. The number of carbonyl (C=O) groups excluding carboxylic acids is 1. The van der Waals surface area contributed by atoms with Gasteiger partial charge in [0.1, 0.15) is 17.3 Å². The smallest absolute Gasteiger partial charge is 0.285 e. The third kappa shape index (κ3) is 3.46. The second-order valence-electron chi connectivity index (χ2n) is 5.12. The Balaban J connectivity index is 2.18. The van der Waals surface area contributed by atoms with Crippen LogP contribution in [-0.4, -0.2) is 22.6 Å². The quantitative estimate of drug-likeness (QED) is 0.415. The summed E-state index contributed by atoms with van der Waals surface area (Å²) in [7, 11) is 1.59. The average Bonchev–Trinajstić information content (AvgIpc) is 3.06. The van der Waals surface area contributed by atoms with E-state index in [4.69, 9.17) is 33.8 Å². The fourth-order valence-corrected chi connectivity index (χ4v) is 2.86. The monoisotopic (exact) mass is 376 g/mol. The molecule has 0 aliphatic carbocycles. The van der Waals surface area contributed by atoms with Crippen LogP contribution in [0.4, 0.5) is 0 Å². The molecule has 0 saturated carbocycles. The Morgan fingerprint density at radius 3 is 2.52 bits per heavy atom. The fraction of sp³-hybridized carbons (Fsp3) is 0.0588. The van der Waals surface area contributed by atoms with Crippen molar-refractivity contribution < 1.29 is 9.53 Å². The van der Waals surface area contributed by atoms with Gasteiger partial charge in [-0.05, 0) is 42.5 Å². The molecule has 1 aromatic heterocycles. The summed E-state index contributed by atoms with van der Waals surface area (Å²) in [6.07, 6.45) is 1.59. The number of imidazole rings is 1. The summed E-state index contributed by atoms with van der Waals surface area (Å²) in [5.41, 5.74) is 3.66. The van der Waals surface area contributed by atoms with E-state index in [2.05, 4.69) is 10.4 Å². The third-order valence-corrected chi connectivity index (χ3v) is 4.14. The van der Waals surface area contributed by atoms with E-state index < -0.39 is 5.91 Å². The van der Waals surface area contributed by atoms with E-state index in [1.54, 1.807) is 36.1 Å². The maximum atomic E-state index is 11.9. The zero-order valence-electron chi connectivity index (χ0n) is 13.2. The molecular formula is C17H14Cl2N4O2. The average molecular weight is 377 g/mol. The van der Waals surface area contributed by atoms with Gasteiger partial charge < -0.3 is 4.74 Å². The predicted octanol–water partition coefficient (Wildman–Crippen LogP) is 3.46. The third-order valence-electron chi connectivity index (χ3n) is 3.59. The van der Waals surface area contributed by atoms with E-state index >= 15 is 0 Å². The number of halogens is 2. The van der Waals surface area contributed by atoms with Crippen molar-refractivity contribution in [3.63, 3.8) is 0 Å². The number of carbonyl (C=O) groups is 1. The fourth-order valence-electron chi connectivity index (χ4n) is 2.36. The van der Waals surface area contributed by atoms with Gasteiger partial charge >= 0.3 is 0 Å². The first-order valence-electron chi connectivity index (χ1n) is 7.23. The highest BCUT2D eigenvalue weighted by molar-refractivity contribution is 6.36. The molecule has 8 heteroatoms. The van der Waals surface area contributed by atoms with E-state index in [9.17, 15) is 4.79 Å². The zero-order chi connectivity index (χ0) is 18.0. The van der Waals surface area contributed by atoms with Crippen LogP contribution in [0.5, 0.6) is 5.75 Å². The van der Waals surface area contributed by atoms with E-state index in [1.807, 2.05) is 24.3 Å². The second kappa shape index (κ2) is 7.14. The lowest BCUT2D eigenvalue weighted by Crippen LogP contribution is -2.30. The van der Waals surface area contributed by atoms with Crippen molar-refractivity contribution in [3.05, 3.63) is 64.4 Å². The molecule has 6 nitrogen and oxygen atoms in total. The van der Waals surface area contributed by atoms with Gasteiger partial charge in [0.05, 0.1) is 12.1 Å². The van der Waals surface area contributed by atoms with Crippen LogP contribution in [0.2, 0.25) is 10.0 Å². The molecule has 3 N–H and O–H groups in total. The first kappa shape index (κ1) is 17.3. The molecule has 0 aliphatic heterocycles. The summed E-state index contributed by atoms with van der Waals surface area (Å²) in [6.45, 7) is 0. The number of nitrogen functional groups attached to an aromatic ring is 1. The van der Waals surface area contributed by atoms with Gasteiger partial charge in [0.2, 0.25) is 0 Å². The Morgan fingerprint density at radius 2 is 1.92 bits per heavy atom. The van der Waals surface area contributed by atoms with Crippen LogP contribution in [0, 0.1) is 0 Å². The Hall–Kier alpha value is -2.54. The molecule has 0 radical (unpaired) electrons. The standard InChI is InChI=1S/C17H14Cl2N4O2/c1-25-12-5-3-11(4-6-12)23-9-15(17(24)22-20)21-16(23)13-7-2-10(18)8-14(13)19/h2-9H,20H2,1H3,(H,22,24). The van der Waals surface area contributed by atoms with Crippen LogP contribution >= 0.6 is 23.2 Å². The van der Waals surface area contributed by atoms with Crippen LogP contribution in [0.3, 0.4) is 0 Å². The summed E-state index contributed by atoms with van der Waals surface area (Å²) >= 11 is 12.3. The van der Waals surface area contributed by atoms with Gasteiger partial charge in [-0.25, -0.2) is 10.8 Å². The normalized spacial score (nSPS) is 10.6. The maximum Gasteiger partial charge on any atom is 0.285 e. The maximum absolute atomic E-state index is 11.9. The second-order valence-corrected chi connectivity index (χ2v) is 5.96.